The predicted octanol–water partition coefficient (Wildman–Crippen LogP) is 2.70. The van der Waals surface area contributed by atoms with Gasteiger partial charge < -0.3 is 4.74 Å². The maximum absolute atomic E-state index is 12.0. The van der Waals surface area contributed by atoms with Gasteiger partial charge in [0.05, 0.1) is 0 Å². The third-order valence-corrected chi connectivity index (χ3v) is 3.50. The molecule has 1 heterocycles. The van der Waals surface area contributed by atoms with Crippen molar-refractivity contribution in [2.75, 3.05) is 0 Å². The number of hydrogen-bond acceptors (Lipinski definition) is 2. The van der Waals surface area contributed by atoms with Crippen LogP contribution in [0.4, 0.5) is 0 Å². The summed E-state index contributed by atoms with van der Waals surface area (Å²) >= 11 is 0. The first-order valence-corrected chi connectivity index (χ1v) is 5.36. The second-order valence-electron chi connectivity index (χ2n) is 3.83. The molecule has 1 rings (SSSR count). The van der Waals surface area contributed by atoms with Crippen LogP contribution < -0.4 is 0 Å². The highest BCUT2D eigenvalue weighted by atomic mass is 16.6. The molecule has 1 fully saturated rings. The summed E-state index contributed by atoms with van der Waals surface area (Å²) in [6.45, 7) is 8.10. The Morgan fingerprint density at radius 3 is 1.38 bits per heavy atom. The Hall–Kier alpha value is -0.370. The van der Waals surface area contributed by atoms with Crippen molar-refractivity contribution in [3.63, 3.8) is 0 Å². The molecule has 0 bridgehead atoms. The van der Waals surface area contributed by atoms with Crippen molar-refractivity contribution in [2.24, 2.45) is 0 Å². The monoisotopic (exact) mass is 184 g/mol. The van der Waals surface area contributed by atoms with E-state index in [0.29, 0.717) is 5.78 Å². The fraction of sp³-hybridized carbons (Fsp3) is 0.909. The van der Waals surface area contributed by atoms with Crippen molar-refractivity contribution in [1.82, 2.24) is 0 Å². The number of rotatable bonds is 4. The number of carbonyl (C=O) groups is 1. The fourth-order valence-electron chi connectivity index (χ4n) is 2.27. The zero-order valence-electron chi connectivity index (χ0n) is 9.14. The molecule has 1 aliphatic heterocycles. The molecule has 0 aromatic rings. The Labute approximate surface area is 80.7 Å². The average molecular weight is 184 g/mol. The van der Waals surface area contributed by atoms with Gasteiger partial charge in [-0.2, -0.15) is 0 Å². The number of Topliss-reactive ketones (excluding diaryl/α,β-unsaturated/α-hetero) is 1. The van der Waals surface area contributed by atoms with Crippen LogP contribution in [-0.2, 0) is 9.53 Å². The standard InChI is InChI=1S/C11H20O2/c1-5-10(6-2)9(12)11(7-3,8-4)13-10/h5-8H2,1-4H3. The number of ether oxygens (including phenoxy) is 1. The highest BCUT2D eigenvalue weighted by Crippen LogP contribution is 2.45. The summed E-state index contributed by atoms with van der Waals surface area (Å²) in [4.78, 5) is 12.0. The normalized spacial score (nSPS) is 24.2. The summed E-state index contributed by atoms with van der Waals surface area (Å²) in [5, 5.41) is 0. The molecule has 0 saturated carbocycles. The van der Waals surface area contributed by atoms with Gasteiger partial charge in [0.15, 0.2) is 5.78 Å². The van der Waals surface area contributed by atoms with E-state index >= 15 is 0 Å². The summed E-state index contributed by atoms with van der Waals surface area (Å²) < 4.78 is 5.87. The minimum atomic E-state index is -0.438. The predicted molar refractivity (Wildman–Crippen MR) is 52.7 cm³/mol. The van der Waals surface area contributed by atoms with Gasteiger partial charge in [0.2, 0.25) is 0 Å². The molecular formula is C11H20O2. The lowest BCUT2D eigenvalue weighted by Crippen LogP contribution is -2.68. The summed E-state index contributed by atoms with van der Waals surface area (Å²) in [7, 11) is 0. The van der Waals surface area contributed by atoms with Crippen LogP contribution in [0.1, 0.15) is 53.4 Å². The molecule has 0 atom stereocenters. The van der Waals surface area contributed by atoms with Crippen LogP contribution in [-0.4, -0.2) is 17.0 Å². The van der Waals surface area contributed by atoms with E-state index in [9.17, 15) is 4.79 Å². The number of hydrogen-bond donors (Lipinski definition) is 0. The van der Waals surface area contributed by atoms with Gasteiger partial charge in [-0.25, -0.2) is 0 Å². The van der Waals surface area contributed by atoms with Crippen molar-refractivity contribution < 1.29 is 9.53 Å². The minimum absolute atomic E-state index is 0.329. The topological polar surface area (TPSA) is 26.3 Å². The molecule has 1 aliphatic rings. The van der Waals surface area contributed by atoms with Gasteiger partial charge in [-0.1, -0.05) is 27.7 Å². The van der Waals surface area contributed by atoms with Crippen molar-refractivity contribution >= 4 is 5.78 Å². The molecule has 1 saturated heterocycles. The molecule has 0 radical (unpaired) electrons. The third-order valence-electron chi connectivity index (χ3n) is 3.50. The average Bonchev–Trinajstić information content (AvgIpc) is 2.19. The van der Waals surface area contributed by atoms with Crippen molar-refractivity contribution in [3.8, 4) is 0 Å². The molecular weight excluding hydrogens is 164 g/mol. The van der Waals surface area contributed by atoms with E-state index in [1.807, 2.05) is 27.7 Å². The Balaban J connectivity index is 2.79. The SMILES string of the molecule is CCC1(CC)OC(CC)(CC)C1=O. The molecule has 0 aromatic carbocycles. The summed E-state index contributed by atoms with van der Waals surface area (Å²) in [6, 6.07) is 0. The molecule has 76 valence electrons. The molecule has 2 heteroatoms. The van der Waals surface area contributed by atoms with Gasteiger partial charge >= 0.3 is 0 Å². The van der Waals surface area contributed by atoms with Gasteiger partial charge in [0, 0.05) is 0 Å². The molecule has 0 amide bonds. The van der Waals surface area contributed by atoms with Crippen LogP contribution in [0.15, 0.2) is 0 Å². The highest BCUT2D eigenvalue weighted by molar-refractivity contribution is 5.99. The second-order valence-corrected chi connectivity index (χ2v) is 3.83. The largest absolute Gasteiger partial charge is 0.353 e. The van der Waals surface area contributed by atoms with E-state index < -0.39 is 11.2 Å². The lowest BCUT2D eigenvalue weighted by atomic mass is 9.72. The van der Waals surface area contributed by atoms with E-state index in [1.165, 1.54) is 0 Å². The molecule has 2 nitrogen and oxygen atoms in total. The first kappa shape index (κ1) is 10.7. The van der Waals surface area contributed by atoms with E-state index in [0.717, 1.165) is 25.7 Å². The van der Waals surface area contributed by atoms with Crippen LogP contribution in [0, 0.1) is 0 Å². The van der Waals surface area contributed by atoms with Crippen LogP contribution in [0.5, 0.6) is 0 Å². The number of carbonyl (C=O) groups excluding carboxylic acids is 1. The van der Waals surface area contributed by atoms with Gasteiger partial charge in [0.1, 0.15) is 11.2 Å². The Morgan fingerprint density at radius 1 is 0.923 bits per heavy atom. The highest BCUT2D eigenvalue weighted by Gasteiger charge is 2.60. The van der Waals surface area contributed by atoms with Gasteiger partial charge in [-0.15, -0.1) is 0 Å². The molecule has 0 aliphatic carbocycles. The van der Waals surface area contributed by atoms with Crippen molar-refractivity contribution in [3.05, 3.63) is 0 Å². The first-order chi connectivity index (χ1) is 6.10. The van der Waals surface area contributed by atoms with E-state index in [-0.39, 0.29) is 0 Å². The van der Waals surface area contributed by atoms with Gasteiger partial charge in [0.25, 0.3) is 0 Å². The lowest BCUT2D eigenvalue weighted by molar-refractivity contribution is -0.242. The van der Waals surface area contributed by atoms with E-state index in [2.05, 4.69) is 0 Å². The smallest absolute Gasteiger partial charge is 0.196 e. The summed E-state index contributed by atoms with van der Waals surface area (Å²) in [6.07, 6.45) is 3.24. The quantitative estimate of drug-likeness (QED) is 0.671. The van der Waals surface area contributed by atoms with Crippen LogP contribution >= 0.6 is 0 Å². The zero-order valence-corrected chi connectivity index (χ0v) is 9.14. The minimum Gasteiger partial charge on any atom is -0.353 e. The Bertz CT molecular complexity index is 180. The van der Waals surface area contributed by atoms with Crippen molar-refractivity contribution in [2.45, 2.75) is 64.6 Å². The van der Waals surface area contributed by atoms with Crippen LogP contribution in [0.25, 0.3) is 0 Å². The maximum Gasteiger partial charge on any atom is 0.196 e. The van der Waals surface area contributed by atoms with E-state index in [4.69, 9.17) is 4.74 Å². The molecule has 13 heavy (non-hydrogen) atoms. The van der Waals surface area contributed by atoms with Crippen LogP contribution in [0.2, 0.25) is 0 Å². The molecule has 0 spiro atoms. The molecule has 0 unspecified atom stereocenters. The first-order valence-electron chi connectivity index (χ1n) is 5.36. The van der Waals surface area contributed by atoms with E-state index in [1.54, 1.807) is 0 Å². The Kier molecular flexibility index (Phi) is 2.81. The van der Waals surface area contributed by atoms with Gasteiger partial charge in [-0.05, 0) is 25.7 Å². The fourth-order valence-corrected chi connectivity index (χ4v) is 2.27. The molecule has 0 aromatic heterocycles. The Morgan fingerprint density at radius 2 is 1.23 bits per heavy atom. The second kappa shape index (κ2) is 3.41. The molecule has 0 N–H and O–H groups in total. The lowest BCUT2D eigenvalue weighted by Gasteiger charge is -2.53. The summed E-state index contributed by atoms with van der Waals surface area (Å²) in [5.74, 6) is 0.329. The maximum atomic E-state index is 12.0. The van der Waals surface area contributed by atoms with Gasteiger partial charge in [-0.3, -0.25) is 4.79 Å². The van der Waals surface area contributed by atoms with Crippen LogP contribution in [0.3, 0.4) is 0 Å². The number of ketones is 1. The third kappa shape index (κ3) is 1.23. The van der Waals surface area contributed by atoms with Crippen molar-refractivity contribution in [1.29, 1.82) is 0 Å². The zero-order chi connectivity index (χ0) is 10.1. The summed E-state index contributed by atoms with van der Waals surface area (Å²) in [5.41, 5.74) is -0.877.